The van der Waals surface area contributed by atoms with Gasteiger partial charge in [-0.3, -0.25) is 4.72 Å². The Morgan fingerprint density at radius 1 is 0.978 bits per heavy atom. The van der Waals surface area contributed by atoms with Gasteiger partial charge < -0.3 is 19.7 Å². The first-order valence-corrected chi connectivity index (χ1v) is 16.8. The fourth-order valence-electron chi connectivity index (χ4n) is 5.39. The number of piperidine rings is 1. The average Bonchev–Trinajstić information content (AvgIpc) is 3.85. The summed E-state index contributed by atoms with van der Waals surface area (Å²) in [5, 5.41) is 4.56. The van der Waals surface area contributed by atoms with Crippen molar-refractivity contribution < 1.29 is 22.7 Å². The van der Waals surface area contributed by atoms with E-state index in [1.165, 1.54) is 0 Å². The van der Waals surface area contributed by atoms with E-state index < -0.39 is 15.6 Å². The molecular formula is C33H38N6O5S. The molecule has 236 valence electrons. The maximum absolute atomic E-state index is 12.7. The molecule has 4 aromatic rings. The van der Waals surface area contributed by atoms with Gasteiger partial charge in [-0.1, -0.05) is 24.3 Å². The number of carbonyl (C=O) groups excluding carboxylic acids is 1. The monoisotopic (exact) mass is 630 g/mol. The summed E-state index contributed by atoms with van der Waals surface area (Å²) in [6.45, 7) is 8.65. The van der Waals surface area contributed by atoms with Crippen LogP contribution < -0.4 is 14.8 Å². The quantitative estimate of drug-likeness (QED) is 0.223. The van der Waals surface area contributed by atoms with Gasteiger partial charge >= 0.3 is 6.09 Å². The standard InChI is InChI=1S/C33H38N6O5S/c1-21-12-15-24-25(9-5-11-28(24)38-45(41,42)23-13-14-23)29(21)43-30-26(10-6-17-34-30)27-16-18-35-31(37-27)36-22-8-7-19-39(20-22)32(40)44-33(2,3)4/h5-6,9-12,15-18,22-23,38H,7-8,13-14,19-20H2,1-4H3,(H,35,36,37)/t22-/m0/s1. The number of aromatic nitrogens is 3. The van der Waals surface area contributed by atoms with Crippen LogP contribution >= 0.6 is 0 Å². The van der Waals surface area contributed by atoms with E-state index in [9.17, 15) is 13.2 Å². The topological polar surface area (TPSA) is 136 Å². The summed E-state index contributed by atoms with van der Waals surface area (Å²) in [5.74, 6) is 1.37. The number of hydrogen-bond acceptors (Lipinski definition) is 9. The molecule has 12 heteroatoms. The van der Waals surface area contributed by atoms with Gasteiger partial charge in [-0.2, -0.15) is 0 Å². The molecule has 1 atom stereocenters. The zero-order valence-corrected chi connectivity index (χ0v) is 26.7. The second kappa shape index (κ2) is 12.2. The zero-order chi connectivity index (χ0) is 31.8. The molecule has 45 heavy (non-hydrogen) atoms. The molecule has 0 bridgehead atoms. The summed E-state index contributed by atoms with van der Waals surface area (Å²) in [7, 11) is -3.43. The summed E-state index contributed by atoms with van der Waals surface area (Å²) >= 11 is 0. The largest absolute Gasteiger partial charge is 0.444 e. The van der Waals surface area contributed by atoms with Crippen molar-refractivity contribution in [3.63, 3.8) is 0 Å². The van der Waals surface area contributed by atoms with E-state index >= 15 is 0 Å². The van der Waals surface area contributed by atoms with Gasteiger partial charge in [0.2, 0.25) is 21.9 Å². The van der Waals surface area contributed by atoms with Crippen LogP contribution in [0.15, 0.2) is 60.9 Å². The molecule has 1 saturated carbocycles. The van der Waals surface area contributed by atoms with E-state index in [0.717, 1.165) is 29.2 Å². The smallest absolute Gasteiger partial charge is 0.410 e. The Labute approximate surface area is 263 Å². The first kappa shape index (κ1) is 30.6. The van der Waals surface area contributed by atoms with Crippen molar-refractivity contribution in [2.75, 3.05) is 23.1 Å². The molecule has 0 radical (unpaired) electrons. The lowest BCUT2D eigenvalue weighted by molar-refractivity contribution is 0.0206. The lowest BCUT2D eigenvalue weighted by atomic mass is 10.0. The Morgan fingerprint density at radius 3 is 2.58 bits per heavy atom. The van der Waals surface area contributed by atoms with Gasteiger partial charge in [0.25, 0.3) is 0 Å². The van der Waals surface area contributed by atoms with Crippen LogP contribution in [0, 0.1) is 6.92 Å². The van der Waals surface area contributed by atoms with Crippen molar-refractivity contribution in [1.29, 1.82) is 0 Å². The third kappa shape index (κ3) is 7.11. The SMILES string of the molecule is Cc1ccc2c(NS(=O)(=O)C3CC3)cccc2c1Oc1ncccc1-c1ccnc(N[C@H]2CCCN(C(=O)OC(C)(C)C)C2)n1. The Morgan fingerprint density at radius 2 is 1.80 bits per heavy atom. The number of pyridine rings is 1. The zero-order valence-electron chi connectivity index (χ0n) is 25.9. The van der Waals surface area contributed by atoms with Crippen LogP contribution in [0.25, 0.3) is 22.0 Å². The van der Waals surface area contributed by atoms with E-state index in [0.29, 0.717) is 60.5 Å². The molecule has 2 aromatic heterocycles. The number of hydrogen-bond donors (Lipinski definition) is 2. The van der Waals surface area contributed by atoms with Gasteiger partial charge in [0.15, 0.2) is 0 Å². The number of aryl methyl sites for hydroxylation is 1. The molecule has 3 heterocycles. The van der Waals surface area contributed by atoms with Gasteiger partial charge in [-0.25, -0.2) is 28.2 Å². The van der Waals surface area contributed by atoms with Crippen LogP contribution in [0.1, 0.15) is 52.0 Å². The lowest BCUT2D eigenvalue weighted by Crippen LogP contribution is -2.47. The maximum atomic E-state index is 12.7. The Kier molecular flexibility index (Phi) is 8.25. The summed E-state index contributed by atoms with van der Waals surface area (Å²) in [5.41, 5.74) is 2.12. The molecule has 1 saturated heterocycles. The third-order valence-electron chi connectivity index (χ3n) is 7.73. The summed E-state index contributed by atoms with van der Waals surface area (Å²) in [6, 6.07) is 14.8. The minimum absolute atomic E-state index is 0.0315. The van der Waals surface area contributed by atoms with Crippen molar-refractivity contribution in [3.05, 3.63) is 66.5 Å². The normalized spacial score (nSPS) is 17.2. The van der Waals surface area contributed by atoms with Gasteiger partial charge in [0.05, 0.1) is 22.2 Å². The number of benzene rings is 2. The maximum Gasteiger partial charge on any atom is 0.410 e. The summed E-state index contributed by atoms with van der Waals surface area (Å²) in [4.78, 5) is 28.1. The van der Waals surface area contributed by atoms with Crippen LogP contribution in [0.5, 0.6) is 11.6 Å². The van der Waals surface area contributed by atoms with E-state index in [1.807, 2.05) is 64.1 Å². The van der Waals surface area contributed by atoms with Crippen molar-refractivity contribution in [3.8, 4) is 22.9 Å². The molecule has 2 N–H and O–H groups in total. The Bertz CT molecular complexity index is 1840. The number of anilines is 2. The predicted molar refractivity (Wildman–Crippen MR) is 174 cm³/mol. The average molecular weight is 631 g/mol. The van der Waals surface area contributed by atoms with Crippen LogP contribution in [0.2, 0.25) is 0 Å². The number of fused-ring (bicyclic) bond motifs is 1. The molecule has 2 aliphatic rings. The van der Waals surface area contributed by atoms with E-state index in [1.54, 1.807) is 29.4 Å². The highest BCUT2D eigenvalue weighted by molar-refractivity contribution is 7.93. The van der Waals surface area contributed by atoms with Crippen molar-refractivity contribution in [2.45, 2.75) is 70.3 Å². The number of sulfonamides is 1. The van der Waals surface area contributed by atoms with Crippen molar-refractivity contribution >= 4 is 38.5 Å². The molecule has 0 unspecified atom stereocenters. The molecule has 0 spiro atoms. The molecule has 11 nitrogen and oxygen atoms in total. The second-order valence-corrected chi connectivity index (χ2v) is 14.6. The molecule has 1 aliphatic heterocycles. The van der Waals surface area contributed by atoms with E-state index in [4.69, 9.17) is 14.5 Å². The number of ether oxygens (including phenoxy) is 2. The lowest BCUT2D eigenvalue weighted by Gasteiger charge is -2.34. The van der Waals surface area contributed by atoms with Gasteiger partial charge in [0.1, 0.15) is 11.4 Å². The molecule has 6 rings (SSSR count). The highest BCUT2D eigenvalue weighted by atomic mass is 32.2. The highest BCUT2D eigenvalue weighted by Crippen LogP contribution is 2.39. The Hall–Kier alpha value is -4.45. The molecule has 1 aliphatic carbocycles. The molecule has 2 aromatic carbocycles. The first-order chi connectivity index (χ1) is 21.5. The molecule has 1 amide bonds. The third-order valence-corrected chi connectivity index (χ3v) is 9.59. The number of rotatable bonds is 8. The van der Waals surface area contributed by atoms with Crippen LogP contribution in [-0.4, -0.2) is 64.3 Å². The number of nitrogens with one attached hydrogen (secondary N) is 2. The van der Waals surface area contributed by atoms with Crippen LogP contribution in [0.3, 0.4) is 0 Å². The minimum Gasteiger partial charge on any atom is -0.444 e. The molecular weight excluding hydrogens is 592 g/mol. The first-order valence-electron chi connectivity index (χ1n) is 15.2. The predicted octanol–water partition coefficient (Wildman–Crippen LogP) is 6.51. The minimum atomic E-state index is -3.43. The number of amides is 1. The number of nitrogens with zero attached hydrogens (tertiary/aromatic N) is 4. The van der Waals surface area contributed by atoms with Gasteiger partial charge in [-0.05, 0) is 83.2 Å². The van der Waals surface area contributed by atoms with Crippen LogP contribution in [-0.2, 0) is 14.8 Å². The molecule has 2 fully saturated rings. The highest BCUT2D eigenvalue weighted by Gasteiger charge is 2.36. The fourth-order valence-corrected chi connectivity index (χ4v) is 6.80. The van der Waals surface area contributed by atoms with Gasteiger partial charge in [0, 0.05) is 42.3 Å². The van der Waals surface area contributed by atoms with E-state index in [2.05, 4.69) is 20.0 Å². The fraction of sp³-hybridized carbons (Fsp3) is 0.394. The van der Waals surface area contributed by atoms with Crippen LogP contribution in [0.4, 0.5) is 16.4 Å². The number of carbonyl (C=O) groups is 1. The van der Waals surface area contributed by atoms with E-state index in [-0.39, 0.29) is 17.4 Å². The summed E-state index contributed by atoms with van der Waals surface area (Å²) < 4.78 is 40.3. The van der Waals surface area contributed by atoms with Crippen molar-refractivity contribution in [2.24, 2.45) is 0 Å². The van der Waals surface area contributed by atoms with Crippen molar-refractivity contribution in [1.82, 2.24) is 19.9 Å². The second-order valence-electron chi connectivity index (χ2n) is 12.6. The summed E-state index contributed by atoms with van der Waals surface area (Å²) in [6.07, 6.45) is 6.08. The number of likely N-dealkylation sites (tertiary alicyclic amines) is 1. The Balaban J connectivity index is 1.24. The van der Waals surface area contributed by atoms with Gasteiger partial charge in [-0.15, -0.1) is 0 Å².